The number of ether oxygens (including phenoxy) is 2. The normalized spacial score (nSPS) is 14.6. The topological polar surface area (TPSA) is 21.7 Å². The highest BCUT2D eigenvalue weighted by atomic mass is 16.6. The molecule has 1 aliphatic heterocycles. The summed E-state index contributed by atoms with van der Waals surface area (Å²) < 4.78 is 14.4. The maximum Gasteiger partial charge on any atom is 0.194 e. The summed E-state index contributed by atoms with van der Waals surface area (Å²) in [7, 11) is 0. The van der Waals surface area contributed by atoms with E-state index in [0.717, 1.165) is 33.9 Å². The smallest absolute Gasteiger partial charge is 0.194 e. The van der Waals surface area contributed by atoms with Crippen LogP contribution in [0.1, 0.15) is 47.2 Å². The molecule has 3 aliphatic carbocycles. The van der Waals surface area contributed by atoms with Crippen molar-refractivity contribution in [2.45, 2.75) is 24.7 Å². The number of hydrogen-bond acceptors (Lipinski definition) is 3. The number of para-hydroxylation sites is 1. The van der Waals surface area contributed by atoms with Gasteiger partial charge in [-0.3, -0.25) is 0 Å². The van der Waals surface area contributed by atoms with Crippen molar-refractivity contribution >= 4 is 17.1 Å². The lowest BCUT2D eigenvalue weighted by Gasteiger charge is -2.33. The van der Waals surface area contributed by atoms with Gasteiger partial charge in [0.05, 0.1) is 11.1 Å². The van der Waals surface area contributed by atoms with E-state index in [4.69, 9.17) is 9.47 Å². The molecule has 3 nitrogen and oxygen atoms in total. The molecule has 0 bridgehead atoms. The Kier molecular flexibility index (Phi) is 6.99. The fraction of sp³-hybridized carbons (Fsp3) is 0.0690. The molecule has 4 aliphatic rings. The van der Waals surface area contributed by atoms with E-state index in [9.17, 15) is 0 Å². The van der Waals surface area contributed by atoms with Crippen LogP contribution < -0.4 is 14.4 Å². The van der Waals surface area contributed by atoms with Gasteiger partial charge in [0.1, 0.15) is 0 Å². The highest BCUT2D eigenvalue weighted by Crippen LogP contribution is 2.67. The van der Waals surface area contributed by atoms with Crippen molar-refractivity contribution < 1.29 is 9.47 Å². The zero-order valence-electron chi connectivity index (χ0n) is 33.8. The molecule has 0 amide bonds. The molecule has 0 saturated heterocycles. The van der Waals surface area contributed by atoms with Crippen molar-refractivity contribution in [1.82, 2.24) is 0 Å². The average Bonchev–Trinajstić information content (AvgIpc) is 3.88. The maximum atomic E-state index is 7.42. The van der Waals surface area contributed by atoms with Crippen molar-refractivity contribution in [2.24, 2.45) is 0 Å². The molecule has 13 rings (SSSR count). The molecule has 0 unspecified atom stereocenters. The molecule has 1 heterocycles. The van der Waals surface area contributed by atoms with Crippen LogP contribution >= 0.6 is 0 Å². The van der Waals surface area contributed by atoms with Crippen molar-refractivity contribution in [1.29, 1.82) is 0 Å². The summed E-state index contributed by atoms with van der Waals surface area (Å²) in [5.74, 6) is 2.82. The SMILES string of the molecule is CC1(C)c2ccccc2-c2ccc(N(c3ccc(-c4ccccc4)cc3)c3cccc4c3Oc3c(ccc5c3-c3ccccc3C53c5ccccc5-c5ccccc53)O4)cc21. The second kappa shape index (κ2) is 12.5. The van der Waals surface area contributed by atoms with Gasteiger partial charge in [-0.1, -0.05) is 172 Å². The minimum Gasteiger partial charge on any atom is -0.449 e. The number of rotatable bonds is 4. The Labute approximate surface area is 355 Å². The predicted molar refractivity (Wildman–Crippen MR) is 247 cm³/mol. The molecule has 0 N–H and O–H groups in total. The third kappa shape index (κ3) is 4.58. The average molecular weight is 782 g/mol. The summed E-state index contributed by atoms with van der Waals surface area (Å²) >= 11 is 0. The molecule has 0 radical (unpaired) electrons. The summed E-state index contributed by atoms with van der Waals surface area (Å²) in [4.78, 5) is 2.34. The summed E-state index contributed by atoms with van der Waals surface area (Å²) in [6.45, 7) is 4.68. The van der Waals surface area contributed by atoms with Gasteiger partial charge in [-0.15, -0.1) is 0 Å². The third-order valence-corrected chi connectivity index (χ3v) is 13.8. The lowest BCUT2D eigenvalue weighted by molar-refractivity contribution is 0.361. The maximum absolute atomic E-state index is 7.42. The summed E-state index contributed by atoms with van der Waals surface area (Å²) in [5.41, 5.74) is 19.8. The van der Waals surface area contributed by atoms with E-state index >= 15 is 0 Å². The van der Waals surface area contributed by atoms with E-state index in [2.05, 4.69) is 213 Å². The molecule has 0 atom stereocenters. The zero-order chi connectivity index (χ0) is 40.5. The Balaban J connectivity index is 1.01. The first-order valence-corrected chi connectivity index (χ1v) is 21.2. The summed E-state index contributed by atoms with van der Waals surface area (Å²) in [5, 5.41) is 0. The molecule has 1 spiro atoms. The number of fused-ring (bicyclic) bond motifs is 16. The highest BCUT2D eigenvalue weighted by molar-refractivity contribution is 5.98. The van der Waals surface area contributed by atoms with Crippen molar-refractivity contribution in [3.8, 4) is 67.5 Å². The molecule has 288 valence electrons. The van der Waals surface area contributed by atoms with Crippen LogP contribution in [0, 0.1) is 0 Å². The Hall–Kier alpha value is -7.62. The minimum atomic E-state index is -0.487. The summed E-state index contributed by atoms with van der Waals surface area (Å²) in [6.07, 6.45) is 0. The first-order chi connectivity index (χ1) is 30.0. The molecular formula is C58H39NO2. The third-order valence-electron chi connectivity index (χ3n) is 13.8. The highest BCUT2D eigenvalue weighted by Gasteiger charge is 2.53. The van der Waals surface area contributed by atoms with E-state index < -0.39 is 5.41 Å². The van der Waals surface area contributed by atoms with Crippen LogP contribution in [0.2, 0.25) is 0 Å². The fourth-order valence-electron chi connectivity index (χ4n) is 11.1. The standard InChI is InChI=1S/C58H39NO2/c1-57(2)45-21-10-6-17-40(45)43-32-31-39(35-50(43)57)59(38-29-27-37(28-30-38)36-15-4-3-5-16-36)51-25-14-26-52-55(51)61-56-53(60-52)34-33-49-54(56)44-20-9-13-24-48(44)58(49)46-22-11-7-18-41(46)42-19-8-12-23-47(42)58/h3-35H,1-2H3. The van der Waals surface area contributed by atoms with Crippen LogP contribution in [-0.4, -0.2) is 0 Å². The van der Waals surface area contributed by atoms with Crippen LogP contribution in [0.5, 0.6) is 23.0 Å². The summed E-state index contributed by atoms with van der Waals surface area (Å²) in [6, 6.07) is 72.5. The van der Waals surface area contributed by atoms with Crippen molar-refractivity contribution in [3.05, 3.63) is 234 Å². The Bertz CT molecular complexity index is 3240. The number of nitrogens with zero attached hydrogens (tertiary/aromatic N) is 1. The molecule has 3 heteroatoms. The lowest BCUT2D eigenvalue weighted by Crippen LogP contribution is -2.25. The van der Waals surface area contributed by atoms with Gasteiger partial charge in [0.15, 0.2) is 23.0 Å². The quantitative estimate of drug-likeness (QED) is 0.177. The second-order valence-electron chi connectivity index (χ2n) is 17.2. The molecular weight excluding hydrogens is 743 g/mol. The fourth-order valence-corrected chi connectivity index (χ4v) is 11.1. The molecule has 0 saturated carbocycles. The van der Waals surface area contributed by atoms with Gasteiger partial charge in [0, 0.05) is 22.4 Å². The van der Waals surface area contributed by atoms with Gasteiger partial charge in [-0.2, -0.15) is 0 Å². The van der Waals surface area contributed by atoms with Crippen LogP contribution in [0.15, 0.2) is 200 Å². The molecule has 0 fully saturated rings. The van der Waals surface area contributed by atoms with E-state index in [1.165, 1.54) is 66.8 Å². The number of anilines is 3. The minimum absolute atomic E-state index is 0.166. The van der Waals surface area contributed by atoms with Crippen LogP contribution in [0.3, 0.4) is 0 Å². The first-order valence-electron chi connectivity index (χ1n) is 21.2. The van der Waals surface area contributed by atoms with Gasteiger partial charge in [0.25, 0.3) is 0 Å². The number of hydrogen-bond donors (Lipinski definition) is 0. The van der Waals surface area contributed by atoms with Gasteiger partial charge >= 0.3 is 0 Å². The van der Waals surface area contributed by atoms with Crippen LogP contribution in [0.25, 0.3) is 44.5 Å². The molecule has 9 aromatic rings. The molecule has 9 aromatic carbocycles. The Morgan fingerprint density at radius 1 is 0.361 bits per heavy atom. The van der Waals surface area contributed by atoms with Gasteiger partial charge < -0.3 is 14.4 Å². The zero-order valence-corrected chi connectivity index (χ0v) is 33.8. The van der Waals surface area contributed by atoms with Gasteiger partial charge in [-0.05, 0) is 115 Å². The predicted octanol–water partition coefficient (Wildman–Crippen LogP) is 15.4. The Morgan fingerprint density at radius 3 is 1.61 bits per heavy atom. The first kappa shape index (κ1) is 34.3. The van der Waals surface area contributed by atoms with Crippen LogP contribution in [-0.2, 0) is 10.8 Å². The van der Waals surface area contributed by atoms with E-state index in [1.807, 2.05) is 6.07 Å². The molecule has 61 heavy (non-hydrogen) atoms. The Morgan fingerprint density at radius 2 is 0.902 bits per heavy atom. The van der Waals surface area contributed by atoms with Crippen molar-refractivity contribution in [3.63, 3.8) is 0 Å². The van der Waals surface area contributed by atoms with Gasteiger partial charge in [-0.25, -0.2) is 0 Å². The molecule has 0 aromatic heterocycles. The van der Waals surface area contributed by atoms with E-state index in [1.54, 1.807) is 0 Å². The monoisotopic (exact) mass is 781 g/mol. The van der Waals surface area contributed by atoms with E-state index in [-0.39, 0.29) is 5.41 Å². The van der Waals surface area contributed by atoms with E-state index in [0.29, 0.717) is 17.2 Å². The lowest BCUT2D eigenvalue weighted by atomic mass is 9.70. The number of benzene rings is 9. The van der Waals surface area contributed by atoms with Gasteiger partial charge in [0.2, 0.25) is 0 Å². The largest absolute Gasteiger partial charge is 0.449 e. The van der Waals surface area contributed by atoms with Crippen LogP contribution in [0.4, 0.5) is 17.1 Å². The second-order valence-corrected chi connectivity index (χ2v) is 17.2. The van der Waals surface area contributed by atoms with Crippen molar-refractivity contribution in [2.75, 3.05) is 4.90 Å².